The van der Waals surface area contributed by atoms with Crippen molar-refractivity contribution in [1.29, 1.82) is 5.26 Å². The first-order valence-corrected chi connectivity index (χ1v) is 11.2. The third-order valence-corrected chi connectivity index (χ3v) is 5.41. The Kier molecular flexibility index (Phi) is 7.35. The average Bonchev–Trinajstić information content (AvgIpc) is 3.24. The lowest BCUT2D eigenvalue weighted by Gasteiger charge is -2.10. The van der Waals surface area contributed by atoms with Crippen molar-refractivity contribution >= 4 is 34.8 Å². The lowest BCUT2D eigenvalue weighted by atomic mass is 10.1. The van der Waals surface area contributed by atoms with Gasteiger partial charge in [0, 0.05) is 41.7 Å². The second-order valence-corrected chi connectivity index (χ2v) is 8.05. The second kappa shape index (κ2) is 10.6. The van der Waals surface area contributed by atoms with Crippen molar-refractivity contribution in [2.75, 3.05) is 18.5 Å². The summed E-state index contributed by atoms with van der Waals surface area (Å²) in [7, 11) is 0. The van der Waals surface area contributed by atoms with Gasteiger partial charge in [-0.1, -0.05) is 23.2 Å². The lowest BCUT2D eigenvalue weighted by Crippen LogP contribution is -2.11. The standard InChI is InChI=1S/C23H21Cl2N7O/c1-2-33-14-21-30-22-11-20(18-8-6-16(24)10-19(18)25)29-23(32(22)31-21)27-9-3-4-17-7-5-15(12-26)13-28-17/h5-8,10-11,13H,2-4,9,14H2,1H3,(H,27,29). The number of anilines is 1. The molecule has 10 heteroatoms. The van der Waals surface area contributed by atoms with E-state index in [2.05, 4.69) is 26.5 Å². The molecule has 1 aromatic carbocycles. The third-order valence-electron chi connectivity index (χ3n) is 4.86. The molecule has 0 aliphatic rings. The summed E-state index contributed by atoms with van der Waals surface area (Å²) in [5, 5.41) is 17.8. The molecule has 0 bridgehead atoms. The van der Waals surface area contributed by atoms with Gasteiger partial charge in [-0.15, -0.1) is 5.10 Å². The van der Waals surface area contributed by atoms with Gasteiger partial charge in [0.25, 0.3) is 0 Å². The quantitative estimate of drug-likeness (QED) is 0.337. The minimum Gasteiger partial charge on any atom is -0.374 e. The number of halogens is 2. The number of hydrogen-bond acceptors (Lipinski definition) is 7. The Hall–Kier alpha value is -3.25. The molecule has 33 heavy (non-hydrogen) atoms. The van der Waals surface area contributed by atoms with Crippen LogP contribution < -0.4 is 5.32 Å². The van der Waals surface area contributed by atoms with E-state index in [0.29, 0.717) is 58.5 Å². The SMILES string of the molecule is CCOCc1nc2cc(-c3ccc(Cl)cc3Cl)nc(NCCCc3ccc(C#N)cn3)n2n1. The van der Waals surface area contributed by atoms with Crippen molar-refractivity contribution in [1.82, 2.24) is 24.6 Å². The van der Waals surface area contributed by atoms with Gasteiger partial charge in [-0.05, 0) is 50.1 Å². The van der Waals surface area contributed by atoms with Crippen LogP contribution in [0.1, 0.15) is 30.4 Å². The van der Waals surface area contributed by atoms with Crippen molar-refractivity contribution in [2.24, 2.45) is 0 Å². The molecule has 168 valence electrons. The molecular formula is C23H21Cl2N7O. The van der Waals surface area contributed by atoms with E-state index in [0.717, 1.165) is 24.1 Å². The number of benzene rings is 1. The van der Waals surface area contributed by atoms with Gasteiger partial charge in [0.2, 0.25) is 5.95 Å². The predicted octanol–water partition coefficient (Wildman–Crippen LogP) is 4.95. The van der Waals surface area contributed by atoms with E-state index in [1.54, 1.807) is 28.9 Å². The monoisotopic (exact) mass is 481 g/mol. The number of nitrogens with zero attached hydrogens (tertiary/aromatic N) is 6. The summed E-state index contributed by atoms with van der Waals surface area (Å²) in [6, 6.07) is 12.9. The fraction of sp³-hybridized carbons (Fsp3) is 0.261. The zero-order valence-corrected chi connectivity index (χ0v) is 19.4. The smallest absolute Gasteiger partial charge is 0.226 e. The summed E-state index contributed by atoms with van der Waals surface area (Å²) in [4.78, 5) is 13.6. The molecule has 0 atom stereocenters. The molecule has 4 rings (SSSR count). The van der Waals surface area contributed by atoms with Crippen LogP contribution in [0, 0.1) is 11.3 Å². The van der Waals surface area contributed by atoms with E-state index in [1.807, 2.05) is 25.1 Å². The largest absolute Gasteiger partial charge is 0.374 e. The number of rotatable bonds is 9. The molecule has 0 radical (unpaired) electrons. The van der Waals surface area contributed by atoms with E-state index in [4.69, 9.17) is 38.2 Å². The average molecular weight is 482 g/mol. The van der Waals surface area contributed by atoms with Gasteiger partial charge in [0.1, 0.15) is 12.7 Å². The van der Waals surface area contributed by atoms with Crippen LogP contribution in [-0.4, -0.2) is 37.7 Å². The molecule has 0 saturated carbocycles. The molecule has 1 N–H and O–H groups in total. The van der Waals surface area contributed by atoms with Crippen molar-refractivity contribution in [3.8, 4) is 17.3 Å². The van der Waals surface area contributed by atoms with Crippen molar-refractivity contribution in [3.05, 3.63) is 69.7 Å². The normalized spacial score (nSPS) is 11.0. The van der Waals surface area contributed by atoms with E-state index >= 15 is 0 Å². The zero-order valence-electron chi connectivity index (χ0n) is 17.9. The highest BCUT2D eigenvalue weighted by molar-refractivity contribution is 6.36. The molecular weight excluding hydrogens is 461 g/mol. The first-order chi connectivity index (χ1) is 16.1. The highest BCUT2D eigenvalue weighted by atomic mass is 35.5. The molecule has 0 unspecified atom stereocenters. The second-order valence-electron chi connectivity index (χ2n) is 7.20. The predicted molar refractivity (Wildman–Crippen MR) is 127 cm³/mol. The van der Waals surface area contributed by atoms with E-state index in [9.17, 15) is 0 Å². The minimum atomic E-state index is 0.318. The van der Waals surface area contributed by atoms with E-state index in [-0.39, 0.29) is 0 Å². The fourth-order valence-corrected chi connectivity index (χ4v) is 3.75. The van der Waals surface area contributed by atoms with Gasteiger partial charge in [-0.2, -0.15) is 9.78 Å². The maximum atomic E-state index is 8.90. The molecule has 3 heterocycles. The summed E-state index contributed by atoms with van der Waals surface area (Å²) in [5.74, 6) is 1.12. The molecule has 0 aliphatic carbocycles. The Balaban J connectivity index is 1.57. The van der Waals surface area contributed by atoms with Gasteiger partial charge < -0.3 is 10.1 Å². The van der Waals surface area contributed by atoms with E-state index in [1.165, 1.54) is 0 Å². The summed E-state index contributed by atoms with van der Waals surface area (Å²) in [5.41, 5.74) is 3.53. The van der Waals surface area contributed by atoms with Crippen LogP contribution in [0.25, 0.3) is 16.9 Å². The minimum absolute atomic E-state index is 0.318. The number of hydrogen-bond donors (Lipinski definition) is 1. The van der Waals surface area contributed by atoms with Gasteiger partial charge in [0.15, 0.2) is 11.5 Å². The zero-order chi connectivity index (χ0) is 23.2. The van der Waals surface area contributed by atoms with E-state index < -0.39 is 0 Å². The molecule has 0 aliphatic heterocycles. The van der Waals surface area contributed by atoms with Gasteiger partial charge in [-0.3, -0.25) is 4.98 Å². The van der Waals surface area contributed by atoms with Crippen LogP contribution in [0.5, 0.6) is 0 Å². The maximum absolute atomic E-state index is 8.90. The van der Waals surface area contributed by atoms with Crippen LogP contribution >= 0.6 is 23.2 Å². The molecule has 4 aromatic rings. The number of nitriles is 1. The Morgan fingerprint density at radius 3 is 2.76 bits per heavy atom. The maximum Gasteiger partial charge on any atom is 0.226 e. The molecule has 8 nitrogen and oxygen atoms in total. The summed E-state index contributed by atoms with van der Waals surface area (Å²) in [6.45, 7) is 3.46. The van der Waals surface area contributed by atoms with Crippen LogP contribution in [-0.2, 0) is 17.8 Å². The number of fused-ring (bicyclic) bond motifs is 1. The van der Waals surface area contributed by atoms with Crippen LogP contribution in [0.15, 0.2) is 42.6 Å². The van der Waals surface area contributed by atoms with Crippen LogP contribution in [0.3, 0.4) is 0 Å². The fourth-order valence-electron chi connectivity index (χ4n) is 3.25. The van der Waals surface area contributed by atoms with Crippen molar-refractivity contribution in [2.45, 2.75) is 26.4 Å². The number of aromatic nitrogens is 5. The van der Waals surface area contributed by atoms with Gasteiger partial charge in [0.05, 0.1) is 16.3 Å². The first kappa shape index (κ1) is 22.9. The van der Waals surface area contributed by atoms with Gasteiger partial charge >= 0.3 is 0 Å². The Morgan fingerprint density at radius 1 is 1.15 bits per heavy atom. The van der Waals surface area contributed by atoms with Crippen molar-refractivity contribution < 1.29 is 4.74 Å². The molecule has 0 saturated heterocycles. The van der Waals surface area contributed by atoms with Crippen molar-refractivity contribution in [3.63, 3.8) is 0 Å². The van der Waals surface area contributed by atoms with Crippen LogP contribution in [0.4, 0.5) is 5.95 Å². The number of nitrogens with one attached hydrogen (secondary N) is 1. The summed E-state index contributed by atoms with van der Waals surface area (Å²) < 4.78 is 7.13. The van der Waals surface area contributed by atoms with Gasteiger partial charge in [-0.25, -0.2) is 9.97 Å². The third kappa shape index (κ3) is 5.57. The highest BCUT2D eigenvalue weighted by Gasteiger charge is 2.14. The first-order valence-electron chi connectivity index (χ1n) is 10.5. The molecule has 0 amide bonds. The molecule has 0 spiro atoms. The molecule has 0 fully saturated rings. The molecule has 3 aromatic heterocycles. The van der Waals surface area contributed by atoms with Crippen LogP contribution in [0.2, 0.25) is 10.0 Å². The lowest BCUT2D eigenvalue weighted by molar-refractivity contribution is 0.128. The summed E-state index contributed by atoms with van der Waals surface area (Å²) >= 11 is 12.5. The summed E-state index contributed by atoms with van der Waals surface area (Å²) in [6.07, 6.45) is 3.16. The highest BCUT2D eigenvalue weighted by Crippen LogP contribution is 2.30. The topological polar surface area (TPSA) is 101 Å². The Labute approximate surface area is 201 Å². The Bertz CT molecular complexity index is 1300. The number of aryl methyl sites for hydroxylation is 1. The number of ether oxygens (including phenoxy) is 1. The number of pyridine rings is 1. The Morgan fingerprint density at radius 2 is 2.03 bits per heavy atom.